The Hall–Kier alpha value is -1.72. The van der Waals surface area contributed by atoms with Gasteiger partial charge in [0.15, 0.2) is 0 Å². The van der Waals surface area contributed by atoms with Gasteiger partial charge in [-0.15, -0.1) is 0 Å². The highest BCUT2D eigenvalue weighted by Gasteiger charge is 2.16. The smallest absolute Gasteiger partial charge is 0.142 e. The SMILES string of the molecule is COc1ccc(Br)c(CC(O)c2cccc(OC)c2N)c1. The van der Waals surface area contributed by atoms with E-state index in [1.807, 2.05) is 24.3 Å². The number of hydrogen-bond acceptors (Lipinski definition) is 4. The number of anilines is 1. The molecule has 0 heterocycles. The normalized spacial score (nSPS) is 12.0. The van der Waals surface area contributed by atoms with Gasteiger partial charge in [-0.2, -0.15) is 0 Å². The summed E-state index contributed by atoms with van der Waals surface area (Å²) >= 11 is 3.48. The van der Waals surface area contributed by atoms with Gasteiger partial charge in [-0.3, -0.25) is 0 Å². The van der Waals surface area contributed by atoms with Crippen LogP contribution in [0.25, 0.3) is 0 Å². The molecule has 0 aliphatic rings. The summed E-state index contributed by atoms with van der Waals surface area (Å²) in [6.45, 7) is 0. The molecule has 0 aliphatic carbocycles. The predicted octanol–water partition coefficient (Wildman–Crippen LogP) is 3.32. The average molecular weight is 352 g/mol. The van der Waals surface area contributed by atoms with E-state index < -0.39 is 6.10 Å². The predicted molar refractivity (Wildman–Crippen MR) is 86.8 cm³/mol. The molecule has 0 radical (unpaired) electrons. The summed E-state index contributed by atoms with van der Waals surface area (Å²) in [4.78, 5) is 0. The van der Waals surface area contributed by atoms with Crippen LogP contribution in [0.15, 0.2) is 40.9 Å². The first-order chi connectivity index (χ1) is 10.1. The van der Waals surface area contributed by atoms with E-state index in [9.17, 15) is 5.11 Å². The fourth-order valence-electron chi connectivity index (χ4n) is 2.18. The number of benzene rings is 2. The summed E-state index contributed by atoms with van der Waals surface area (Å²) in [5, 5.41) is 10.5. The lowest BCUT2D eigenvalue weighted by Gasteiger charge is -2.16. The molecule has 0 saturated carbocycles. The zero-order chi connectivity index (χ0) is 15.4. The first-order valence-corrected chi connectivity index (χ1v) is 7.29. The summed E-state index contributed by atoms with van der Waals surface area (Å²) in [5.41, 5.74) is 8.09. The number of methoxy groups -OCH3 is 2. The van der Waals surface area contributed by atoms with Crippen molar-refractivity contribution in [2.75, 3.05) is 20.0 Å². The molecule has 0 bridgehead atoms. The van der Waals surface area contributed by atoms with Crippen molar-refractivity contribution in [1.29, 1.82) is 0 Å². The maximum Gasteiger partial charge on any atom is 0.142 e. The number of halogens is 1. The Morgan fingerprint density at radius 1 is 1.19 bits per heavy atom. The van der Waals surface area contributed by atoms with Crippen LogP contribution in [-0.2, 0) is 6.42 Å². The molecule has 112 valence electrons. The molecular weight excluding hydrogens is 334 g/mol. The van der Waals surface area contributed by atoms with Crippen molar-refractivity contribution in [2.24, 2.45) is 0 Å². The Balaban J connectivity index is 2.28. The van der Waals surface area contributed by atoms with E-state index in [0.29, 0.717) is 23.4 Å². The van der Waals surface area contributed by atoms with Gasteiger partial charge in [-0.1, -0.05) is 28.1 Å². The molecule has 0 saturated heterocycles. The summed E-state index contributed by atoms with van der Waals surface area (Å²) in [5.74, 6) is 1.32. The number of hydrogen-bond donors (Lipinski definition) is 2. The van der Waals surface area contributed by atoms with Crippen LogP contribution in [0.1, 0.15) is 17.2 Å². The number of para-hydroxylation sites is 1. The van der Waals surface area contributed by atoms with Crippen LogP contribution < -0.4 is 15.2 Å². The molecule has 0 fully saturated rings. The molecule has 5 heteroatoms. The quantitative estimate of drug-likeness (QED) is 0.811. The summed E-state index contributed by atoms with van der Waals surface area (Å²) in [7, 11) is 3.17. The third-order valence-corrected chi connectivity index (χ3v) is 4.12. The lowest BCUT2D eigenvalue weighted by atomic mass is 9.99. The number of aliphatic hydroxyl groups excluding tert-OH is 1. The Bertz CT molecular complexity index is 631. The Morgan fingerprint density at radius 3 is 2.62 bits per heavy atom. The number of aliphatic hydroxyl groups is 1. The Morgan fingerprint density at radius 2 is 1.95 bits per heavy atom. The van der Waals surface area contributed by atoms with Gasteiger partial charge in [-0.25, -0.2) is 0 Å². The van der Waals surface area contributed by atoms with Gasteiger partial charge in [0.1, 0.15) is 11.5 Å². The van der Waals surface area contributed by atoms with Crippen LogP contribution in [0, 0.1) is 0 Å². The highest BCUT2D eigenvalue weighted by atomic mass is 79.9. The molecule has 0 spiro atoms. The molecule has 2 aromatic carbocycles. The summed E-state index contributed by atoms with van der Waals surface area (Å²) in [6, 6.07) is 11.0. The molecule has 2 aromatic rings. The molecule has 4 nitrogen and oxygen atoms in total. The van der Waals surface area contributed by atoms with Crippen molar-refractivity contribution < 1.29 is 14.6 Å². The van der Waals surface area contributed by atoms with E-state index in [1.165, 1.54) is 0 Å². The van der Waals surface area contributed by atoms with Gasteiger partial charge in [-0.05, 0) is 29.8 Å². The topological polar surface area (TPSA) is 64.7 Å². The maximum absolute atomic E-state index is 10.5. The van der Waals surface area contributed by atoms with Crippen molar-refractivity contribution in [3.8, 4) is 11.5 Å². The van der Waals surface area contributed by atoms with Gasteiger partial charge in [0.25, 0.3) is 0 Å². The third-order valence-electron chi connectivity index (χ3n) is 3.34. The Kier molecular flexibility index (Phi) is 5.09. The minimum Gasteiger partial charge on any atom is -0.497 e. The second kappa shape index (κ2) is 6.83. The highest BCUT2D eigenvalue weighted by Crippen LogP contribution is 2.33. The van der Waals surface area contributed by atoms with E-state index in [4.69, 9.17) is 15.2 Å². The minimum atomic E-state index is -0.719. The fraction of sp³-hybridized carbons (Fsp3) is 0.250. The fourth-order valence-corrected chi connectivity index (χ4v) is 2.59. The van der Waals surface area contributed by atoms with Crippen LogP contribution in [0.4, 0.5) is 5.69 Å². The van der Waals surface area contributed by atoms with E-state index in [2.05, 4.69) is 15.9 Å². The largest absolute Gasteiger partial charge is 0.497 e. The van der Waals surface area contributed by atoms with Crippen LogP contribution in [0.3, 0.4) is 0 Å². The van der Waals surface area contributed by atoms with Gasteiger partial charge >= 0.3 is 0 Å². The standard InChI is InChI=1S/C16H18BrNO3/c1-20-11-6-7-13(17)10(8-11)9-14(19)12-4-3-5-15(21-2)16(12)18/h3-8,14,19H,9,18H2,1-2H3. The third kappa shape index (κ3) is 3.49. The van der Waals surface area contributed by atoms with Gasteiger partial charge < -0.3 is 20.3 Å². The first kappa shape index (κ1) is 15.7. The molecule has 0 amide bonds. The van der Waals surface area contributed by atoms with E-state index in [0.717, 1.165) is 15.8 Å². The molecule has 1 unspecified atom stereocenters. The van der Waals surface area contributed by atoms with Crippen molar-refractivity contribution in [2.45, 2.75) is 12.5 Å². The van der Waals surface area contributed by atoms with Crippen molar-refractivity contribution >= 4 is 21.6 Å². The minimum absolute atomic E-state index is 0.426. The number of ether oxygens (including phenoxy) is 2. The Labute approximate surface area is 132 Å². The monoisotopic (exact) mass is 351 g/mol. The van der Waals surface area contributed by atoms with Gasteiger partial charge in [0, 0.05) is 16.5 Å². The second-order valence-electron chi connectivity index (χ2n) is 4.64. The second-order valence-corrected chi connectivity index (χ2v) is 5.49. The maximum atomic E-state index is 10.5. The number of nitrogens with two attached hydrogens (primary N) is 1. The van der Waals surface area contributed by atoms with Crippen LogP contribution in [-0.4, -0.2) is 19.3 Å². The molecule has 2 rings (SSSR count). The highest BCUT2D eigenvalue weighted by molar-refractivity contribution is 9.10. The molecule has 3 N–H and O–H groups in total. The molecule has 0 aromatic heterocycles. The zero-order valence-electron chi connectivity index (χ0n) is 12.0. The van der Waals surface area contributed by atoms with Crippen LogP contribution in [0.2, 0.25) is 0 Å². The van der Waals surface area contributed by atoms with Crippen LogP contribution in [0.5, 0.6) is 11.5 Å². The van der Waals surface area contributed by atoms with Crippen LogP contribution >= 0.6 is 15.9 Å². The van der Waals surface area contributed by atoms with E-state index in [-0.39, 0.29) is 0 Å². The number of nitrogen functional groups attached to an aromatic ring is 1. The molecule has 1 atom stereocenters. The van der Waals surface area contributed by atoms with Crippen molar-refractivity contribution in [3.63, 3.8) is 0 Å². The summed E-state index contributed by atoms with van der Waals surface area (Å²) < 4.78 is 11.3. The van der Waals surface area contributed by atoms with Gasteiger partial charge in [0.05, 0.1) is 26.0 Å². The van der Waals surface area contributed by atoms with E-state index >= 15 is 0 Å². The van der Waals surface area contributed by atoms with Crippen molar-refractivity contribution in [3.05, 3.63) is 52.0 Å². The molecular formula is C16H18BrNO3. The van der Waals surface area contributed by atoms with E-state index in [1.54, 1.807) is 26.4 Å². The number of rotatable bonds is 5. The molecule has 21 heavy (non-hydrogen) atoms. The lowest BCUT2D eigenvalue weighted by molar-refractivity contribution is 0.178. The summed E-state index contributed by atoms with van der Waals surface area (Å²) in [6.07, 6.45) is -0.293. The average Bonchev–Trinajstić information content (AvgIpc) is 2.49. The molecule has 0 aliphatic heterocycles. The van der Waals surface area contributed by atoms with Gasteiger partial charge in [0.2, 0.25) is 0 Å². The van der Waals surface area contributed by atoms with Crippen molar-refractivity contribution in [1.82, 2.24) is 0 Å². The lowest BCUT2D eigenvalue weighted by Crippen LogP contribution is -2.07. The first-order valence-electron chi connectivity index (χ1n) is 6.49. The zero-order valence-corrected chi connectivity index (χ0v) is 13.6.